The molecule has 98 valence electrons. The highest BCUT2D eigenvalue weighted by molar-refractivity contribution is 6.60. The lowest BCUT2D eigenvalue weighted by atomic mass is 10.2. The van der Waals surface area contributed by atoms with Gasteiger partial charge in [-0.15, -0.1) is 0 Å². The van der Waals surface area contributed by atoms with E-state index >= 15 is 0 Å². The van der Waals surface area contributed by atoms with Gasteiger partial charge in [0.05, 0.1) is 0 Å². The molecule has 0 saturated heterocycles. The summed E-state index contributed by atoms with van der Waals surface area (Å²) in [5.74, 6) is 0. The first kappa shape index (κ1) is 16.1. The standard InChI is InChI=1S/C11H27NO3Si/c1-5-6-7-9-12-10-8-11-16(13-2,14-3)15-4/h12H,5-11H2,1-4H3. The molecule has 4 nitrogen and oxygen atoms in total. The van der Waals surface area contributed by atoms with Gasteiger partial charge in [0.1, 0.15) is 0 Å². The molecular weight excluding hydrogens is 222 g/mol. The van der Waals surface area contributed by atoms with E-state index in [1.807, 2.05) is 0 Å². The summed E-state index contributed by atoms with van der Waals surface area (Å²) in [6.45, 7) is 4.33. The van der Waals surface area contributed by atoms with Crippen molar-refractivity contribution in [2.24, 2.45) is 0 Å². The van der Waals surface area contributed by atoms with Crippen LogP contribution in [0.3, 0.4) is 0 Å². The Balaban J connectivity index is 3.48. The SMILES string of the molecule is CCCCCNCCC[Si](OC)(OC)OC. The van der Waals surface area contributed by atoms with Gasteiger partial charge in [0.25, 0.3) is 0 Å². The Hall–Kier alpha value is 0.0569. The van der Waals surface area contributed by atoms with E-state index < -0.39 is 8.80 Å². The van der Waals surface area contributed by atoms with E-state index in [1.54, 1.807) is 21.3 Å². The molecule has 0 saturated carbocycles. The topological polar surface area (TPSA) is 39.7 Å². The monoisotopic (exact) mass is 249 g/mol. The molecule has 0 unspecified atom stereocenters. The fourth-order valence-corrected chi connectivity index (χ4v) is 3.33. The third-order valence-corrected chi connectivity index (χ3v) is 5.56. The predicted octanol–water partition coefficient (Wildman–Crippen LogP) is 2.03. The van der Waals surface area contributed by atoms with Crippen molar-refractivity contribution in [2.45, 2.75) is 38.7 Å². The molecular formula is C11H27NO3Si. The third-order valence-electron chi connectivity index (χ3n) is 2.73. The minimum atomic E-state index is -2.33. The van der Waals surface area contributed by atoms with Crippen molar-refractivity contribution in [3.05, 3.63) is 0 Å². The molecule has 0 aromatic heterocycles. The van der Waals surface area contributed by atoms with Gasteiger partial charge in [-0.25, -0.2) is 0 Å². The van der Waals surface area contributed by atoms with Crippen molar-refractivity contribution in [2.75, 3.05) is 34.4 Å². The molecule has 16 heavy (non-hydrogen) atoms. The van der Waals surface area contributed by atoms with Crippen LogP contribution in [0, 0.1) is 0 Å². The third kappa shape index (κ3) is 6.60. The smallest absolute Gasteiger partial charge is 0.377 e. The van der Waals surface area contributed by atoms with E-state index in [9.17, 15) is 0 Å². The summed E-state index contributed by atoms with van der Waals surface area (Å²) in [6, 6.07) is 0.872. The van der Waals surface area contributed by atoms with Gasteiger partial charge < -0.3 is 18.6 Å². The summed E-state index contributed by atoms with van der Waals surface area (Å²) < 4.78 is 16.0. The molecule has 0 fully saturated rings. The molecule has 0 aliphatic heterocycles. The number of hydrogen-bond acceptors (Lipinski definition) is 4. The quantitative estimate of drug-likeness (QED) is 0.449. The van der Waals surface area contributed by atoms with Crippen molar-refractivity contribution >= 4 is 8.80 Å². The molecule has 0 amide bonds. The summed E-state index contributed by atoms with van der Waals surface area (Å²) in [5, 5.41) is 3.42. The predicted molar refractivity (Wildman–Crippen MR) is 68.6 cm³/mol. The maximum absolute atomic E-state index is 5.35. The van der Waals surface area contributed by atoms with Crippen LogP contribution in [0.25, 0.3) is 0 Å². The van der Waals surface area contributed by atoms with Crippen molar-refractivity contribution in [3.63, 3.8) is 0 Å². The Bertz CT molecular complexity index is 146. The van der Waals surface area contributed by atoms with Crippen LogP contribution >= 0.6 is 0 Å². The second-order valence-corrected chi connectivity index (χ2v) is 6.95. The molecule has 0 atom stereocenters. The fourth-order valence-electron chi connectivity index (χ4n) is 1.61. The van der Waals surface area contributed by atoms with Crippen LogP contribution in [0.5, 0.6) is 0 Å². The fraction of sp³-hybridized carbons (Fsp3) is 1.00. The van der Waals surface area contributed by atoms with Crippen LogP contribution in [0.4, 0.5) is 0 Å². The van der Waals surface area contributed by atoms with E-state index in [4.69, 9.17) is 13.3 Å². The minimum absolute atomic E-state index is 0.872. The van der Waals surface area contributed by atoms with Gasteiger partial charge in [-0.1, -0.05) is 19.8 Å². The van der Waals surface area contributed by atoms with E-state index in [0.717, 1.165) is 25.6 Å². The van der Waals surface area contributed by atoms with Crippen LogP contribution in [-0.4, -0.2) is 43.2 Å². The zero-order chi connectivity index (χ0) is 12.3. The normalized spacial score (nSPS) is 12.0. The number of nitrogens with one attached hydrogen (secondary N) is 1. The van der Waals surface area contributed by atoms with Crippen molar-refractivity contribution in [1.29, 1.82) is 0 Å². The van der Waals surface area contributed by atoms with Crippen LogP contribution in [0.15, 0.2) is 0 Å². The zero-order valence-electron chi connectivity index (χ0n) is 11.2. The summed E-state index contributed by atoms with van der Waals surface area (Å²) in [4.78, 5) is 0. The number of unbranched alkanes of at least 4 members (excludes halogenated alkanes) is 2. The Morgan fingerprint density at radius 1 is 0.875 bits per heavy atom. The Kier molecular flexibility index (Phi) is 10.3. The first-order valence-electron chi connectivity index (χ1n) is 6.10. The summed E-state index contributed by atoms with van der Waals surface area (Å²) in [7, 11) is 2.65. The van der Waals surface area contributed by atoms with E-state index in [0.29, 0.717) is 0 Å². The summed E-state index contributed by atoms with van der Waals surface area (Å²) >= 11 is 0. The summed E-state index contributed by atoms with van der Waals surface area (Å²) in [5.41, 5.74) is 0. The Morgan fingerprint density at radius 2 is 1.44 bits per heavy atom. The van der Waals surface area contributed by atoms with Crippen molar-refractivity contribution in [3.8, 4) is 0 Å². The molecule has 0 spiro atoms. The van der Waals surface area contributed by atoms with Crippen molar-refractivity contribution in [1.82, 2.24) is 5.32 Å². The molecule has 1 N–H and O–H groups in total. The van der Waals surface area contributed by atoms with Gasteiger partial charge in [0.15, 0.2) is 0 Å². The average Bonchev–Trinajstić information content (AvgIpc) is 2.34. The van der Waals surface area contributed by atoms with Crippen LogP contribution in [-0.2, 0) is 13.3 Å². The van der Waals surface area contributed by atoms with Gasteiger partial charge in [-0.05, 0) is 25.9 Å². The van der Waals surface area contributed by atoms with Gasteiger partial charge in [0, 0.05) is 27.4 Å². The van der Waals surface area contributed by atoms with Crippen molar-refractivity contribution < 1.29 is 13.3 Å². The molecule has 0 aromatic rings. The van der Waals surface area contributed by atoms with Crippen LogP contribution in [0.1, 0.15) is 32.6 Å². The minimum Gasteiger partial charge on any atom is -0.377 e. The zero-order valence-corrected chi connectivity index (χ0v) is 12.2. The van der Waals surface area contributed by atoms with Gasteiger partial charge in [-0.3, -0.25) is 0 Å². The molecule has 0 aliphatic carbocycles. The van der Waals surface area contributed by atoms with Gasteiger partial charge in [-0.2, -0.15) is 0 Å². The molecule has 0 aliphatic rings. The maximum Gasteiger partial charge on any atom is 0.500 e. The molecule has 0 bridgehead atoms. The number of rotatable bonds is 11. The largest absolute Gasteiger partial charge is 0.500 e. The van der Waals surface area contributed by atoms with E-state index in [1.165, 1.54) is 19.3 Å². The van der Waals surface area contributed by atoms with Crippen LogP contribution < -0.4 is 5.32 Å². The average molecular weight is 249 g/mol. The second-order valence-electron chi connectivity index (χ2n) is 3.86. The lowest BCUT2D eigenvalue weighted by Gasteiger charge is -2.24. The van der Waals surface area contributed by atoms with E-state index in [2.05, 4.69) is 12.2 Å². The maximum atomic E-state index is 5.35. The highest BCUT2D eigenvalue weighted by atomic mass is 28.4. The first-order chi connectivity index (χ1) is 7.74. The highest BCUT2D eigenvalue weighted by Gasteiger charge is 2.36. The molecule has 5 heteroatoms. The molecule has 0 heterocycles. The number of hydrogen-bond donors (Lipinski definition) is 1. The lowest BCUT2D eigenvalue weighted by molar-refractivity contribution is 0.123. The molecule has 0 rings (SSSR count). The van der Waals surface area contributed by atoms with E-state index in [-0.39, 0.29) is 0 Å². The Morgan fingerprint density at radius 3 is 1.94 bits per heavy atom. The molecule has 0 aromatic carbocycles. The molecule has 0 radical (unpaired) electrons. The first-order valence-corrected chi connectivity index (χ1v) is 8.04. The highest BCUT2D eigenvalue weighted by Crippen LogP contribution is 2.14. The van der Waals surface area contributed by atoms with Gasteiger partial charge >= 0.3 is 8.80 Å². The lowest BCUT2D eigenvalue weighted by Crippen LogP contribution is -2.43. The van der Waals surface area contributed by atoms with Crippen LogP contribution in [0.2, 0.25) is 6.04 Å². The summed E-state index contributed by atoms with van der Waals surface area (Å²) in [6.07, 6.45) is 4.88. The van der Waals surface area contributed by atoms with Gasteiger partial charge in [0.2, 0.25) is 0 Å². The second kappa shape index (κ2) is 10.2. The Labute approximate surface area is 101 Å².